The first kappa shape index (κ1) is 25.4. The number of carbonyl (C=O) groups excluding carboxylic acids is 1. The predicted molar refractivity (Wildman–Crippen MR) is 122 cm³/mol. The van der Waals surface area contributed by atoms with Crippen LogP contribution in [0.5, 0.6) is 11.5 Å². The first-order valence-electron chi connectivity index (χ1n) is 10.6. The molecule has 0 atom stereocenters. The van der Waals surface area contributed by atoms with E-state index in [4.69, 9.17) is 9.47 Å². The Bertz CT molecular complexity index is 1090. The van der Waals surface area contributed by atoms with Gasteiger partial charge in [0.15, 0.2) is 11.0 Å². The number of benzene rings is 2. The summed E-state index contributed by atoms with van der Waals surface area (Å²) >= 11 is 1.09. The molecule has 182 valence electrons. The number of halogens is 3. The van der Waals surface area contributed by atoms with Crippen LogP contribution in [0, 0.1) is 0 Å². The number of nitrogens with one attached hydrogen (secondary N) is 1. The van der Waals surface area contributed by atoms with E-state index in [2.05, 4.69) is 15.5 Å². The smallest absolute Gasteiger partial charge is 0.416 e. The van der Waals surface area contributed by atoms with Crippen LogP contribution in [0.4, 0.5) is 13.2 Å². The molecular weight excluding hydrogens is 469 g/mol. The minimum atomic E-state index is -4.50. The number of carbonyl (C=O) groups is 1. The number of rotatable bonds is 11. The van der Waals surface area contributed by atoms with Gasteiger partial charge in [-0.3, -0.25) is 9.36 Å². The van der Waals surface area contributed by atoms with E-state index in [0.29, 0.717) is 29.0 Å². The molecular formula is C23H25F3N4O3S. The summed E-state index contributed by atoms with van der Waals surface area (Å²) in [6, 6.07) is 11.7. The molecule has 0 saturated heterocycles. The number of hydrogen-bond acceptors (Lipinski definition) is 6. The van der Waals surface area contributed by atoms with E-state index >= 15 is 0 Å². The topological polar surface area (TPSA) is 78.3 Å². The van der Waals surface area contributed by atoms with Gasteiger partial charge in [-0.15, -0.1) is 10.2 Å². The van der Waals surface area contributed by atoms with Gasteiger partial charge in [0.2, 0.25) is 5.91 Å². The lowest BCUT2D eigenvalue weighted by atomic mass is 10.2. The number of amides is 1. The molecule has 0 aliphatic carbocycles. The number of methoxy groups -OCH3 is 1. The summed E-state index contributed by atoms with van der Waals surface area (Å²) < 4.78 is 52.3. The lowest BCUT2D eigenvalue weighted by molar-refractivity contribution is -0.137. The third kappa shape index (κ3) is 6.89. The zero-order chi connectivity index (χ0) is 24.6. The number of ether oxygens (including phenoxy) is 2. The largest absolute Gasteiger partial charge is 0.497 e. The molecule has 2 aromatic carbocycles. The summed E-state index contributed by atoms with van der Waals surface area (Å²) in [4.78, 5) is 12.1. The van der Waals surface area contributed by atoms with Gasteiger partial charge in [0.05, 0.1) is 24.1 Å². The van der Waals surface area contributed by atoms with Gasteiger partial charge < -0.3 is 14.8 Å². The molecule has 0 bridgehead atoms. The molecule has 0 unspecified atom stereocenters. The Kier molecular flexibility index (Phi) is 8.80. The standard InChI is InChI=1S/C23H25F3N4O3S/c1-3-4-12-27-21(31)15-34-22-29-28-20(14-33-19-10-8-18(32-2)9-11-19)30(22)17-7-5-6-16(13-17)23(24,25)26/h5-11,13H,3-4,12,14-15H2,1-2H3,(H,27,31). The van der Waals surface area contributed by atoms with E-state index in [1.54, 1.807) is 31.4 Å². The third-order valence-electron chi connectivity index (χ3n) is 4.74. The van der Waals surface area contributed by atoms with Crippen molar-refractivity contribution in [3.05, 3.63) is 59.9 Å². The van der Waals surface area contributed by atoms with Crippen LogP contribution in [-0.2, 0) is 17.6 Å². The molecule has 1 aromatic heterocycles. The van der Waals surface area contributed by atoms with Crippen molar-refractivity contribution in [2.45, 2.75) is 37.7 Å². The van der Waals surface area contributed by atoms with E-state index in [9.17, 15) is 18.0 Å². The second-order valence-corrected chi connectivity index (χ2v) is 8.18. The second-order valence-electron chi connectivity index (χ2n) is 7.24. The summed E-state index contributed by atoms with van der Waals surface area (Å²) in [6.07, 6.45) is -2.69. The van der Waals surface area contributed by atoms with E-state index in [0.717, 1.165) is 36.7 Å². The van der Waals surface area contributed by atoms with Crippen LogP contribution in [-0.4, -0.2) is 40.1 Å². The van der Waals surface area contributed by atoms with Crippen LogP contribution in [0.15, 0.2) is 53.7 Å². The first-order chi connectivity index (χ1) is 16.3. The van der Waals surface area contributed by atoms with Crippen LogP contribution >= 0.6 is 11.8 Å². The minimum absolute atomic E-state index is 0.0428. The highest BCUT2D eigenvalue weighted by atomic mass is 32.2. The van der Waals surface area contributed by atoms with E-state index < -0.39 is 11.7 Å². The molecule has 1 heterocycles. The van der Waals surface area contributed by atoms with Crippen molar-refractivity contribution in [3.63, 3.8) is 0 Å². The Morgan fingerprint density at radius 2 is 1.85 bits per heavy atom. The summed E-state index contributed by atoms with van der Waals surface area (Å²) in [5.74, 6) is 1.36. The lowest BCUT2D eigenvalue weighted by Gasteiger charge is -2.13. The number of nitrogens with zero attached hydrogens (tertiary/aromatic N) is 3. The highest BCUT2D eigenvalue weighted by Gasteiger charge is 2.31. The van der Waals surface area contributed by atoms with Gasteiger partial charge in [0.1, 0.15) is 18.1 Å². The summed E-state index contributed by atoms with van der Waals surface area (Å²) in [5.41, 5.74) is -0.573. The molecule has 3 aromatic rings. The summed E-state index contributed by atoms with van der Waals surface area (Å²) in [5, 5.41) is 11.3. The first-order valence-corrected chi connectivity index (χ1v) is 11.6. The second kappa shape index (κ2) is 11.8. The molecule has 0 radical (unpaired) electrons. The number of thioether (sulfide) groups is 1. The van der Waals surface area contributed by atoms with Crippen LogP contribution in [0.2, 0.25) is 0 Å². The van der Waals surface area contributed by atoms with Crippen molar-refractivity contribution in [1.29, 1.82) is 0 Å². The van der Waals surface area contributed by atoms with Crippen molar-refractivity contribution in [1.82, 2.24) is 20.1 Å². The molecule has 1 N–H and O–H groups in total. The lowest BCUT2D eigenvalue weighted by Crippen LogP contribution is -2.26. The average molecular weight is 495 g/mol. The highest BCUT2D eigenvalue weighted by molar-refractivity contribution is 7.99. The van der Waals surface area contributed by atoms with Gasteiger partial charge in [-0.2, -0.15) is 13.2 Å². The highest BCUT2D eigenvalue weighted by Crippen LogP contribution is 2.32. The molecule has 11 heteroatoms. The van der Waals surface area contributed by atoms with Crippen LogP contribution in [0.25, 0.3) is 5.69 Å². The van der Waals surface area contributed by atoms with Crippen LogP contribution < -0.4 is 14.8 Å². The van der Waals surface area contributed by atoms with Gasteiger partial charge in [0, 0.05) is 6.54 Å². The SMILES string of the molecule is CCCCNC(=O)CSc1nnc(COc2ccc(OC)cc2)n1-c1cccc(C(F)(F)F)c1. The van der Waals surface area contributed by atoms with Crippen molar-refractivity contribution in [2.75, 3.05) is 19.4 Å². The number of unbranched alkanes of at least 4 members (excludes halogenated alkanes) is 1. The maximum atomic E-state index is 13.3. The Balaban J connectivity index is 1.84. The Morgan fingerprint density at radius 3 is 2.53 bits per heavy atom. The van der Waals surface area contributed by atoms with Crippen LogP contribution in [0.3, 0.4) is 0 Å². The van der Waals surface area contributed by atoms with Crippen LogP contribution in [0.1, 0.15) is 31.2 Å². The average Bonchev–Trinajstić information content (AvgIpc) is 3.24. The van der Waals surface area contributed by atoms with Gasteiger partial charge in [-0.05, 0) is 48.9 Å². The maximum absolute atomic E-state index is 13.3. The molecule has 0 fully saturated rings. The quantitative estimate of drug-likeness (QED) is 0.302. The molecule has 0 saturated carbocycles. The molecule has 34 heavy (non-hydrogen) atoms. The third-order valence-corrected chi connectivity index (χ3v) is 5.67. The Labute approximate surface area is 199 Å². The fourth-order valence-corrected chi connectivity index (χ4v) is 3.77. The maximum Gasteiger partial charge on any atom is 0.416 e. The monoisotopic (exact) mass is 494 g/mol. The normalized spacial score (nSPS) is 11.3. The zero-order valence-electron chi connectivity index (χ0n) is 18.8. The Morgan fingerprint density at radius 1 is 1.12 bits per heavy atom. The molecule has 0 aliphatic heterocycles. The number of alkyl halides is 3. The van der Waals surface area contributed by atoms with Gasteiger partial charge in [0.25, 0.3) is 0 Å². The fourth-order valence-electron chi connectivity index (χ4n) is 2.97. The molecule has 0 spiro atoms. The Hall–Kier alpha value is -3.21. The zero-order valence-corrected chi connectivity index (χ0v) is 19.6. The minimum Gasteiger partial charge on any atom is -0.497 e. The van der Waals surface area contributed by atoms with Crippen molar-refractivity contribution in [3.8, 4) is 17.2 Å². The number of aromatic nitrogens is 3. The summed E-state index contributed by atoms with van der Waals surface area (Å²) in [6.45, 7) is 2.55. The van der Waals surface area contributed by atoms with E-state index in [1.165, 1.54) is 16.7 Å². The van der Waals surface area contributed by atoms with Gasteiger partial charge in [-0.1, -0.05) is 31.2 Å². The molecule has 3 rings (SSSR count). The molecule has 0 aliphatic rings. The van der Waals surface area contributed by atoms with Gasteiger partial charge in [-0.25, -0.2) is 0 Å². The predicted octanol–water partition coefficient (Wildman–Crippen LogP) is 4.88. The number of hydrogen-bond donors (Lipinski definition) is 1. The van der Waals surface area contributed by atoms with E-state index in [-0.39, 0.29) is 24.0 Å². The summed E-state index contributed by atoms with van der Waals surface area (Å²) in [7, 11) is 1.55. The van der Waals surface area contributed by atoms with Gasteiger partial charge >= 0.3 is 6.18 Å². The van der Waals surface area contributed by atoms with Crippen molar-refractivity contribution in [2.24, 2.45) is 0 Å². The molecule has 7 nitrogen and oxygen atoms in total. The fraction of sp³-hybridized carbons (Fsp3) is 0.348. The van der Waals surface area contributed by atoms with E-state index in [1.807, 2.05) is 6.92 Å². The molecule has 1 amide bonds. The van der Waals surface area contributed by atoms with Crippen molar-refractivity contribution >= 4 is 17.7 Å². The van der Waals surface area contributed by atoms with Crippen molar-refractivity contribution < 1.29 is 27.4 Å².